The van der Waals surface area contributed by atoms with Crippen molar-refractivity contribution in [3.05, 3.63) is 12.7 Å². The van der Waals surface area contributed by atoms with Crippen molar-refractivity contribution in [2.45, 2.75) is 38.0 Å². The highest BCUT2D eigenvalue weighted by Gasteiger charge is 2.31. The molecule has 0 spiro atoms. The molecule has 2 aliphatic heterocycles. The molecular formula is C12H22N2O. The second-order valence-corrected chi connectivity index (χ2v) is 4.68. The molecule has 0 aromatic rings. The van der Waals surface area contributed by atoms with Crippen molar-refractivity contribution in [1.82, 2.24) is 10.2 Å². The summed E-state index contributed by atoms with van der Waals surface area (Å²) in [6.45, 7) is 10.1. The lowest BCUT2D eigenvalue weighted by atomic mass is 10.2. The number of fused-ring (bicyclic) bond motifs is 1. The van der Waals surface area contributed by atoms with Crippen LogP contribution in [0.15, 0.2) is 12.7 Å². The molecule has 3 unspecified atom stereocenters. The predicted octanol–water partition coefficient (Wildman–Crippen LogP) is 1.01. The van der Waals surface area contributed by atoms with Crippen molar-refractivity contribution in [3.8, 4) is 0 Å². The molecule has 0 aromatic carbocycles. The highest BCUT2D eigenvalue weighted by molar-refractivity contribution is 4.88. The van der Waals surface area contributed by atoms with E-state index >= 15 is 0 Å². The maximum atomic E-state index is 5.85. The van der Waals surface area contributed by atoms with E-state index in [1.165, 1.54) is 19.4 Å². The molecule has 3 atom stereocenters. The van der Waals surface area contributed by atoms with Crippen molar-refractivity contribution in [2.75, 3.05) is 26.2 Å². The van der Waals surface area contributed by atoms with Gasteiger partial charge in [-0.3, -0.25) is 4.90 Å². The first-order valence-electron chi connectivity index (χ1n) is 6.01. The predicted molar refractivity (Wildman–Crippen MR) is 62.0 cm³/mol. The number of hydrogen-bond donors (Lipinski definition) is 1. The Morgan fingerprint density at radius 2 is 2.53 bits per heavy atom. The van der Waals surface area contributed by atoms with Gasteiger partial charge in [0.15, 0.2) is 0 Å². The number of rotatable bonds is 4. The van der Waals surface area contributed by atoms with Crippen LogP contribution in [0.5, 0.6) is 0 Å². The summed E-state index contributed by atoms with van der Waals surface area (Å²) in [7, 11) is 0. The van der Waals surface area contributed by atoms with E-state index in [1.807, 2.05) is 6.08 Å². The van der Waals surface area contributed by atoms with Gasteiger partial charge < -0.3 is 10.1 Å². The summed E-state index contributed by atoms with van der Waals surface area (Å²) in [6, 6.07) is 1.09. The Morgan fingerprint density at radius 3 is 3.33 bits per heavy atom. The van der Waals surface area contributed by atoms with E-state index < -0.39 is 0 Å². The zero-order valence-corrected chi connectivity index (χ0v) is 9.61. The SMILES string of the molecule is C=CC(C)NCC1CN2CCCC2CO1. The normalized spacial score (nSPS) is 33.7. The topological polar surface area (TPSA) is 24.5 Å². The van der Waals surface area contributed by atoms with Gasteiger partial charge in [0, 0.05) is 25.2 Å². The summed E-state index contributed by atoms with van der Waals surface area (Å²) >= 11 is 0. The average molecular weight is 210 g/mol. The Kier molecular flexibility index (Phi) is 3.78. The Balaban J connectivity index is 1.73. The number of nitrogens with zero attached hydrogens (tertiary/aromatic N) is 1. The molecule has 2 heterocycles. The molecule has 3 nitrogen and oxygen atoms in total. The monoisotopic (exact) mass is 210 g/mol. The average Bonchev–Trinajstić information content (AvgIpc) is 2.72. The first-order valence-corrected chi connectivity index (χ1v) is 6.01. The molecule has 86 valence electrons. The highest BCUT2D eigenvalue weighted by Crippen LogP contribution is 2.22. The Labute approximate surface area is 92.5 Å². The molecule has 2 saturated heterocycles. The lowest BCUT2D eigenvalue weighted by Crippen LogP contribution is -2.50. The van der Waals surface area contributed by atoms with Crippen LogP contribution in [0.1, 0.15) is 19.8 Å². The van der Waals surface area contributed by atoms with Gasteiger partial charge in [-0.05, 0) is 26.3 Å². The van der Waals surface area contributed by atoms with E-state index in [9.17, 15) is 0 Å². The van der Waals surface area contributed by atoms with Crippen molar-refractivity contribution in [1.29, 1.82) is 0 Å². The summed E-state index contributed by atoms with van der Waals surface area (Å²) in [5, 5.41) is 3.41. The minimum absolute atomic E-state index is 0.363. The van der Waals surface area contributed by atoms with Gasteiger partial charge >= 0.3 is 0 Å². The molecule has 0 amide bonds. The van der Waals surface area contributed by atoms with Crippen LogP contribution in [0.25, 0.3) is 0 Å². The third kappa shape index (κ3) is 2.80. The molecule has 0 aromatic heterocycles. The van der Waals surface area contributed by atoms with Crippen LogP contribution >= 0.6 is 0 Å². The number of hydrogen-bond acceptors (Lipinski definition) is 3. The summed E-state index contributed by atoms with van der Waals surface area (Å²) < 4.78 is 5.85. The summed E-state index contributed by atoms with van der Waals surface area (Å²) in [6.07, 6.45) is 4.96. The van der Waals surface area contributed by atoms with E-state index in [-0.39, 0.29) is 0 Å². The lowest BCUT2D eigenvalue weighted by Gasteiger charge is -2.35. The Morgan fingerprint density at radius 1 is 1.67 bits per heavy atom. The van der Waals surface area contributed by atoms with E-state index in [4.69, 9.17) is 4.74 Å². The maximum Gasteiger partial charge on any atom is 0.0827 e. The van der Waals surface area contributed by atoms with Gasteiger partial charge in [0.05, 0.1) is 12.7 Å². The molecule has 15 heavy (non-hydrogen) atoms. The largest absolute Gasteiger partial charge is 0.374 e. The Hall–Kier alpha value is -0.380. The number of ether oxygens (including phenoxy) is 1. The van der Waals surface area contributed by atoms with Gasteiger partial charge in [-0.1, -0.05) is 6.08 Å². The van der Waals surface area contributed by atoms with Gasteiger partial charge in [-0.15, -0.1) is 6.58 Å². The maximum absolute atomic E-state index is 5.85. The number of morpholine rings is 1. The fraction of sp³-hybridized carbons (Fsp3) is 0.833. The quantitative estimate of drug-likeness (QED) is 0.701. The molecule has 3 heteroatoms. The smallest absolute Gasteiger partial charge is 0.0827 e. The van der Waals surface area contributed by atoms with Gasteiger partial charge in [-0.2, -0.15) is 0 Å². The van der Waals surface area contributed by atoms with E-state index in [1.54, 1.807) is 0 Å². The zero-order valence-electron chi connectivity index (χ0n) is 9.61. The molecular weight excluding hydrogens is 188 g/mol. The second kappa shape index (κ2) is 5.10. The highest BCUT2D eigenvalue weighted by atomic mass is 16.5. The van der Waals surface area contributed by atoms with Crippen molar-refractivity contribution in [3.63, 3.8) is 0 Å². The van der Waals surface area contributed by atoms with Gasteiger partial charge in [0.2, 0.25) is 0 Å². The van der Waals surface area contributed by atoms with Gasteiger partial charge in [-0.25, -0.2) is 0 Å². The standard InChI is InChI=1S/C12H22N2O/c1-3-10(2)13-7-12-8-14-6-4-5-11(14)9-15-12/h3,10-13H,1,4-9H2,2H3. The minimum Gasteiger partial charge on any atom is -0.374 e. The van der Waals surface area contributed by atoms with Crippen LogP contribution in [0.2, 0.25) is 0 Å². The fourth-order valence-electron chi connectivity index (χ4n) is 2.41. The molecule has 0 radical (unpaired) electrons. The van der Waals surface area contributed by atoms with E-state index in [0.29, 0.717) is 18.2 Å². The zero-order chi connectivity index (χ0) is 10.7. The van der Waals surface area contributed by atoms with Crippen LogP contribution in [0.3, 0.4) is 0 Å². The second-order valence-electron chi connectivity index (χ2n) is 4.68. The summed E-state index contributed by atoms with van der Waals surface area (Å²) in [5.41, 5.74) is 0. The van der Waals surface area contributed by atoms with E-state index in [2.05, 4.69) is 23.7 Å². The van der Waals surface area contributed by atoms with Crippen molar-refractivity contribution >= 4 is 0 Å². The van der Waals surface area contributed by atoms with Crippen LogP contribution in [-0.2, 0) is 4.74 Å². The molecule has 2 rings (SSSR count). The lowest BCUT2D eigenvalue weighted by molar-refractivity contribution is -0.0473. The molecule has 2 aliphatic rings. The summed E-state index contributed by atoms with van der Waals surface area (Å²) in [5.74, 6) is 0. The van der Waals surface area contributed by atoms with Crippen LogP contribution in [0, 0.1) is 0 Å². The molecule has 0 aliphatic carbocycles. The van der Waals surface area contributed by atoms with Gasteiger partial charge in [0.1, 0.15) is 0 Å². The van der Waals surface area contributed by atoms with Crippen LogP contribution in [0.4, 0.5) is 0 Å². The van der Waals surface area contributed by atoms with Crippen LogP contribution < -0.4 is 5.32 Å². The van der Waals surface area contributed by atoms with Crippen molar-refractivity contribution < 1.29 is 4.74 Å². The van der Waals surface area contributed by atoms with Gasteiger partial charge in [0.25, 0.3) is 0 Å². The first-order chi connectivity index (χ1) is 7.29. The molecule has 2 fully saturated rings. The molecule has 1 N–H and O–H groups in total. The van der Waals surface area contributed by atoms with Crippen LogP contribution in [-0.4, -0.2) is 49.3 Å². The minimum atomic E-state index is 0.363. The summed E-state index contributed by atoms with van der Waals surface area (Å²) in [4.78, 5) is 2.58. The number of nitrogens with one attached hydrogen (secondary N) is 1. The van der Waals surface area contributed by atoms with Crippen molar-refractivity contribution in [2.24, 2.45) is 0 Å². The molecule has 0 saturated carbocycles. The van der Waals surface area contributed by atoms with E-state index in [0.717, 1.165) is 19.7 Å². The first kappa shape index (κ1) is 11.1. The Bertz CT molecular complexity index is 220. The third-order valence-electron chi connectivity index (χ3n) is 3.48. The fourth-order valence-corrected chi connectivity index (χ4v) is 2.41. The molecule has 0 bridgehead atoms. The third-order valence-corrected chi connectivity index (χ3v) is 3.48.